The Balaban J connectivity index is 1.61. The molecule has 8 nitrogen and oxygen atoms in total. The fourth-order valence-corrected chi connectivity index (χ4v) is 3.86. The van der Waals surface area contributed by atoms with Gasteiger partial charge in [0.2, 0.25) is 5.95 Å². The highest BCUT2D eigenvalue weighted by Gasteiger charge is 2.35. The summed E-state index contributed by atoms with van der Waals surface area (Å²) in [5.74, 6) is 0.593. The number of amides is 1. The number of aryl methyl sites for hydroxylation is 1. The second kappa shape index (κ2) is 9.17. The maximum absolute atomic E-state index is 12.9. The van der Waals surface area contributed by atoms with Gasteiger partial charge in [0.05, 0.1) is 0 Å². The first-order valence-corrected chi connectivity index (χ1v) is 10.3. The smallest absolute Gasteiger partial charge is 0.421 e. The number of rotatable bonds is 4. The number of piperazine rings is 1. The van der Waals surface area contributed by atoms with E-state index in [0.29, 0.717) is 19.0 Å². The molecule has 1 fully saturated rings. The molecule has 3 rings (SSSR count). The zero-order valence-corrected chi connectivity index (χ0v) is 18.3. The fourth-order valence-electron chi connectivity index (χ4n) is 3.86. The predicted octanol–water partition coefficient (Wildman–Crippen LogP) is 3.16. The van der Waals surface area contributed by atoms with Crippen LogP contribution < -0.4 is 10.5 Å². The highest BCUT2D eigenvalue weighted by molar-refractivity contribution is 5.68. The molecule has 0 aliphatic carbocycles. The summed E-state index contributed by atoms with van der Waals surface area (Å²) in [6, 6.07) is 0.670. The van der Waals surface area contributed by atoms with Gasteiger partial charge in [-0.2, -0.15) is 13.2 Å². The van der Waals surface area contributed by atoms with Crippen LogP contribution in [-0.2, 0) is 17.3 Å². The zero-order valence-electron chi connectivity index (χ0n) is 18.3. The molecule has 0 unspecified atom stereocenters. The molecule has 1 saturated heterocycles. The van der Waals surface area contributed by atoms with Crippen molar-refractivity contribution in [2.75, 3.05) is 18.0 Å². The lowest BCUT2D eigenvalue weighted by Gasteiger charge is -2.44. The van der Waals surface area contributed by atoms with Crippen LogP contribution in [0, 0.1) is 6.92 Å². The van der Waals surface area contributed by atoms with Crippen molar-refractivity contribution >= 4 is 12.0 Å². The summed E-state index contributed by atoms with van der Waals surface area (Å²) in [6.07, 6.45) is -1.26. The molecule has 1 aliphatic heterocycles. The summed E-state index contributed by atoms with van der Waals surface area (Å²) in [5, 5.41) is 0. The lowest BCUT2D eigenvalue weighted by atomic mass is 10.1. The number of nitrogens with one attached hydrogen (secondary N) is 1. The maximum atomic E-state index is 12.9. The number of anilines is 1. The molecule has 2 aromatic heterocycles. The molecule has 1 N–H and O–H groups in total. The molecule has 0 saturated carbocycles. The minimum absolute atomic E-state index is 0.0356. The van der Waals surface area contributed by atoms with Crippen LogP contribution in [0.15, 0.2) is 29.5 Å². The number of nitrogens with zero attached hydrogens (tertiary/aromatic N) is 4. The SMILES string of the molecule is Cc1cnc(N2[C@H](C)CN(C(=O)O[C@@H](C)Cc3c[nH]c(=O)c(C(F)(F)F)c3)C[C@@H]2C)nc1. The second-order valence-electron chi connectivity index (χ2n) is 8.22. The van der Waals surface area contributed by atoms with Crippen LogP contribution in [-0.4, -0.2) is 57.2 Å². The van der Waals surface area contributed by atoms with Gasteiger partial charge in [0.25, 0.3) is 5.56 Å². The van der Waals surface area contributed by atoms with Gasteiger partial charge in [-0.15, -0.1) is 0 Å². The van der Waals surface area contributed by atoms with E-state index >= 15 is 0 Å². The Kier molecular flexibility index (Phi) is 6.75. The first-order chi connectivity index (χ1) is 15.0. The van der Waals surface area contributed by atoms with E-state index in [4.69, 9.17) is 4.74 Å². The Hall–Kier alpha value is -3.11. The lowest BCUT2D eigenvalue weighted by Crippen LogP contribution is -2.59. The van der Waals surface area contributed by atoms with E-state index in [1.54, 1.807) is 24.2 Å². The predicted molar refractivity (Wildman–Crippen MR) is 111 cm³/mol. The quantitative estimate of drug-likeness (QED) is 0.765. The summed E-state index contributed by atoms with van der Waals surface area (Å²) in [7, 11) is 0. The standard InChI is InChI=1S/C21H26F3N5O3/c1-12-7-26-19(27-8-12)29-13(2)10-28(11-14(29)3)20(31)32-15(4)5-16-6-17(21(22,23)24)18(30)25-9-16/h6-9,13-15H,5,10-11H2,1-4H3,(H,25,30)/t13-,14+,15-/m0/s1. The van der Waals surface area contributed by atoms with E-state index in [1.165, 1.54) is 6.20 Å². The van der Waals surface area contributed by atoms with Crippen molar-refractivity contribution in [3.05, 3.63) is 51.7 Å². The lowest BCUT2D eigenvalue weighted by molar-refractivity contribution is -0.138. The molecule has 1 amide bonds. The minimum Gasteiger partial charge on any atom is -0.446 e. The van der Waals surface area contributed by atoms with Gasteiger partial charge in [0, 0.05) is 50.2 Å². The molecule has 0 bridgehead atoms. The van der Waals surface area contributed by atoms with Crippen LogP contribution in [0.4, 0.5) is 23.9 Å². The largest absolute Gasteiger partial charge is 0.446 e. The minimum atomic E-state index is -4.75. The van der Waals surface area contributed by atoms with Gasteiger partial charge in [-0.1, -0.05) is 0 Å². The third-order valence-electron chi connectivity index (χ3n) is 5.27. The number of H-pyrrole nitrogens is 1. The van der Waals surface area contributed by atoms with Crippen molar-refractivity contribution in [3.8, 4) is 0 Å². The van der Waals surface area contributed by atoms with Crippen molar-refractivity contribution in [2.24, 2.45) is 0 Å². The average Bonchev–Trinajstić information content (AvgIpc) is 2.69. The molecule has 0 radical (unpaired) electrons. The highest BCUT2D eigenvalue weighted by atomic mass is 19.4. The molecule has 11 heteroatoms. The van der Waals surface area contributed by atoms with Crippen molar-refractivity contribution in [2.45, 2.75) is 58.5 Å². The number of ether oxygens (including phenoxy) is 1. The monoisotopic (exact) mass is 453 g/mol. The normalized spacial score (nSPS) is 20.2. The number of aromatic amines is 1. The number of hydrogen-bond donors (Lipinski definition) is 1. The Bertz CT molecular complexity index is 997. The van der Waals surface area contributed by atoms with Crippen LogP contribution >= 0.6 is 0 Å². The van der Waals surface area contributed by atoms with Gasteiger partial charge in [-0.25, -0.2) is 14.8 Å². The third-order valence-corrected chi connectivity index (χ3v) is 5.27. The van der Waals surface area contributed by atoms with E-state index in [2.05, 4.69) is 15.0 Å². The van der Waals surface area contributed by atoms with Crippen LogP contribution in [0.3, 0.4) is 0 Å². The molecular formula is C21H26F3N5O3. The van der Waals surface area contributed by atoms with Gasteiger partial charge in [0.15, 0.2) is 0 Å². The number of carbonyl (C=O) groups excluding carboxylic acids is 1. The Labute approximate surface area is 183 Å². The molecule has 0 aromatic carbocycles. The summed E-state index contributed by atoms with van der Waals surface area (Å²) in [5.41, 5.74) is -1.30. The molecule has 2 aromatic rings. The van der Waals surface area contributed by atoms with Crippen LogP contribution in [0.25, 0.3) is 0 Å². The molecule has 0 spiro atoms. The maximum Gasteiger partial charge on any atom is 0.421 e. The topological polar surface area (TPSA) is 91.4 Å². The Morgan fingerprint density at radius 1 is 1.25 bits per heavy atom. The second-order valence-corrected chi connectivity index (χ2v) is 8.22. The molecule has 1 aliphatic rings. The summed E-state index contributed by atoms with van der Waals surface area (Å²) < 4.78 is 44.3. The number of halogens is 3. The van der Waals surface area contributed by atoms with Gasteiger partial charge < -0.3 is 19.5 Å². The summed E-state index contributed by atoms with van der Waals surface area (Å²) in [4.78, 5) is 38.5. The number of hydrogen-bond acceptors (Lipinski definition) is 6. The van der Waals surface area contributed by atoms with E-state index in [9.17, 15) is 22.8 Å². The van der Waals surface area contributed by atoms with Gasteiger partial charge in [-0.3, -0.25) is 4.79 Å². The summed E-state index contributed by atoms with van der Waals surface area (Å²) >= 11 is 0. The average molecular weight is 453 g/mol. The number of aromatic nitrogens is 3. The van der Waals surface area contributed by atoms with Gasteiger partial charge in [-0.05, 0) is 44.9 Å². The third kappa shape index (κ3) is 5.38. The van der Waals surface area contributed by atoms with E-state index < -0.39 is 29.5 Å². The number of carbonyl (C=O) groups is 1. The zero-order chi connectivity index (χ0) is 23.6. The van der Waals surface area contributed by atoms with E-state index in [0.717, 1.165) is 11.6 Å². The van der Waals surface area contributed by atoms with Crippen LogP contribution in [0.2, 0.25) is 0 Å². The highest BCUT2D eigenvalue weighted by Crippen LogP contribution is 2.27. The van der Waals surface area contributed by atoms with E-state index in [-0.39, 0.29) is 24.1 Å². The van der Waals surface area contributed by atoms with E-state index in [1.807, 2.05) is 25.7 Å². The first kappa shape index (κ1) is 23.6. The molecule has 3 heterocycles. The van der Waals surface area contributed by atoms with Crippen molar-refractivity contribution < 1.29 is 22.7 Å². The molecule has 174 valence electrons. The van der Waals surface area contributed by atoms with Crippen LogP contribution in [0.1, 0.15) is 37.5 Å². The molecule has 32 heavy (non-hydrogen) atoms. The van der Waals surface area contributed by atoms with Crippen molar-refractivity contribution in [3.63, 3.8) is 0 Å². The summed E-state index contributed by atoms with van der Waals surface area (Å²) in [6.45, 7) is 8.21. The van der Waals surface area contributed by atoms with Gasteiger partial charge in [0.1, 0.15) is 11.7 Å². The van der Waals surface area contributed by atoms with Crippen molar-refractivity contribution in [1.29, 1.82) is 0 Å². The molecule has 3 atom stereocenters. The van der Waals surface area contributed by atoms with Crippen LogP contribution in [0.5, 0.6) is 0 Å². The molecular weight excluding hydrogens is 427 g/mol. The number of pyridine rings is 1. The fraction of sp³-hybridized carbons (Fsp3) is 0.524. The Morgan fingerprint density at radius 3 is 2.41 bits per heavy atom. The number of alkyl halides is 3. The van der Waals surface area contributed by atoms with Crippen molar-refractivity contribution in [1.82, 2.24) is 19.9 Å². The first-order valence-electron chi connectivity index (χ1n) is 10.3. The Morgan fingerprint density at radius 2 is 1.84 bits per heavy atom. The van der Waals surface area contributed by atoms with Gasteiger partial charge >= 0.3 is 12.3 Å².